The number of nitrogens with zero attached hydrogens (tertiary/aromatic N) is 3. The molecule has 1 aliphatic heterocycles. The third-order valence-corrected chi connectivity index (χ3v) is 3.17. The second kappa shape index (κ2) is 5.11. The molecule has 1 aromatic rings. The molecule has 2 rings (SSSR count). The van der Waals surface area contributed by atoms with Crippen molar-refractivity contribution in [3.8, 4) is 0 Å². The van der Waals surface area contributed by atoms with Crippen molar-refractivity contribution >= 4 is 23.4 Å². The third kappa shape index (κ3) is 2.37. The minimum Gasteiger partial charge on any atom is -0.477 e. The van der Waals surface area contributed by atoms with Crippen LogP contribution in [-0.4, -0.2) is 39.5 Å². The first-order chi connectivity index (χ1) is 9.41. The minimum atomic E-state index is -1.42. The smallest absolute Gasteiger partial charge is 0.342 e. The molecule has 1 fully saturated rings. The zero-order valence-corrected chi connectivity index (χ0v) is 10.4. The maximum Gasteiger partial charge on any atom is 0.342 e. The topological polar surface area (TPSA) is 140 Å². The molecule has 0 aromatic carbocycles. The van der Waals surface area contributed by atoms with Gasteiger partial charge in [0.15, 0.2) is 0 Å². The molecule has 1 amide bonds. The highest BCUT2D eigenvalue weighted by Gasteiger charge is 2.31. The number of pyridine rings is 1. The Labute approximate surface area is 113 Å². The van der Waals surface area contributed by atoms with Gasteiger partial charge in [-0.05, 0) is 12.8 Å². The fraction of sp³-hybridized carbons (Fsp3) is 0.364. The number of carboxylic acids is 1. The standard InChI is InChI=1S/C11H12N4O5/c12-10(16)7-2-1-3-14(7)9-4-6(11(17)18)8(5-13-9)15(19)20/h4-5,7H,1-3H2,(H2,12,16)(H,17,18). The predicted octanol–water partition coefficient (Wildman–Crippen LogP) is 0.142. The van der Waals surface area contributed by atoms with Crippen LogP contribution in [0.15, 0.2) is 12.3 Å². The van der Waals surface area contributed by atoms with Gasteiger partial charge in [-0.3, -0.25) is 14.9 Å². The summed E-state index contributed by atoms with van der Waals surface area (Å²) in [5.41, 5.74) is 4.22. The Morgan fingerprint density at radius 1 is 1.55 bits per heavy atom. The second-order valence-electron chi connectivity index (χ2n) is 4.38. The summed E-state index contributed by atoms with van der Waals surface area (Å²) >= 11 is 0. The number of hydrogen-bond acceptors (Lipinski definition) is 6. The largest absolute Gasteiger partial charge is 0.477 e. The van der Waals surface area contributed by atoms with E-state index in [9.17, 15) is 19.7 Å². The summed E-state index contributed by atoms with van der Waals surface area (Å²) in [5.74, 6) is -1.75. The van der Waals surface area contributed by atoms with Crippen molar-refractivity contribution in [2.24, 2.45) is 5.73 Å². The molecule has 1 saturated heterocycles. The number of rotatable bonds is 4. The van der Waals surface area contributed by atoms with E-state index in [1.807, 2.05) is 0 Å². The van der Waals surface area contributed by atoms with Crippen LogP contribution in [0.1, 0.15) is 23.2 Å². The molecular weight excluding hydrogens is 268 g/mol. The van der Waals surface area contributed by atoms with E-state index in [0.29, 0.717) is 19.4 Å². The number of primary amides is 1. The number of carbonyl (C=O) groups excluding carboxylic acids is 1. The lowest BCUT2D eigenvalue weighted by atomic mass is 10.2. The lowest BCUT2D eigenvalue weighted by Crippen LogP contribution is -2.40. The van der Waals surface area contributed by atoms with Gasteiger partial charge in [-0.25, -0.2) is 9.78 Å². The van der Waals surface area contributed by atoms with Gasteiger partial charge in [0, 0.05) is 12.6 Å². The maximum absolute atomic E-state index is 11.3. The lowest BCUT2D eigenvalue weighted by molar-refractivity contribution is -0.385. The number of anilines is 1. The molecule has 1 atom stereocenters. The number of nitro groups is 1. The highest BCUT2D eigenvalue weighted by atomic mass is 16.6. The van der Waals surface area contributed by atoms with Crippen LogP contribution in [0.4, 0.5) is 11.5 Å². The zero-order valence-electron chi connectivity index (χ0n) is 10.4. The molecule has 106 valence electrons. The first-order valence-corrected chi connectivity index (χ1v) is 5.85. The quantitative estimate of drug-likeness (QED) is 0.590. The average Bonchev–Trinajstić information content (AvgIpc) is 2.87. The molecule has 9 nitrogen and oxygen atoms in total. The number of carbonyl (C=O) groups is 2. The maximum atomic E-state index is 11.3. The van der Waals surface area contributed by atoms with Gasteiger partial charge in [-0.15, -0.1) is 0 Å². The highest BCUT2D eigenvalue weighted by molar-refractivity contribution is 5.93. The van der Waals surface area contributed by atoms with Crippen LogP contribution in [0.5, 0.6) is 0 Å². The van der Waals surface area contributed by atoms with Crippen molar-refractivity contribution < 1.29 is 19.6 Å². The van der Waals surface area contributed by atoms with E-state index in [2.05, 4.69) is 4.98 Å². The molecule has 20 heavy (non-hydrogen) atoms. The Morgan fingerprint density at radius 3 is 2.80 bits per heavy atom. The molecule has 0 spiro atoms. The highest BCUT2D eigenvalue weighted by Crippen LogP contribution is 2.27. The summed E-state index contributed by atoms with van der Waals surface area (Å²) in [7, 11) is 0. The third-order valence-electron chi connectivity index (χ3n) is 3.17. The molecule has 0 saturated carbocycles. The second-order valence-corrected chi connectivity index (χ2v) is 4.38. The van der Waals surface area contributed by atoms with Crippen LogP contribution in [-0.2, 0) is 4.79 Å². The fourth-order valence-electron chi connectivity index (χ4n) is 2.25. The van der Waals surface area contributed by atoms with Gasteiger partial charge in [-0.1, -0.05) is 0 Å². The van der Waals surface area contributed by atoms with Crippen LogP contribution in [0, 0.1) is 10.1 Å². The van der Waals surface area contributed by atoms with Crippen molar-refractivity contribution in [1.29, 1.82) is 0 Å². The number of amides is 1. The van der Waals surface area contributed by atoms with Crippen molar-refractivity contribution in [2.75, 3.05) is 11.4 Å². The summed E-state index contributed by atoms with van der Waals surface area (Å²) in [6.07, 6.45) is 2.15. The molecule has 1 aromatic heterocycles. The van der Waals surface area contributed by atoms with E-state index in [4.69, 9.17) is 10.8 Å². The molecule has 1 aliphatic rings. The minimum absolute atomic E-state index is 0.203. The molecule has 0 aliphatic carbocycles. The van der Waals surface area contributed by atoms with Crippen LogP contribution in [0.3, 0.4) is 0 Å². The summed E-state index contributed by atoms with van der Waals surface area (Å²) in [5, 5.41) is 19.8. The summed E-state index contributed by atoms with van der Waals surface area (Å²) in [6, 6.07) is 0.535. The van der Waals surface area contributed by atoms with Gasteiger partial charge in [0.25, 0.3) is 0 Å². The Hall–Kier alpha value is -2.71. The number of nitrogens with two attached hydrogens (primary N) is 1. The number of hydrogen-bond donors (Lipinski definition) is 2. The van der Waals surface area contributed by atoms with Crippen molar-refractivity contribution in [2.45, 2.75) is 18.9 Å². The molecule has 0 radical (unpaired) electrons. The van der Waals surface area contributed by atoms with Crippen LogP contribution >= 0.6 is 0 Å². The summed E-state index contributed by atoms with van der Waals surface area (Å²) < 4.78 is 0. The zero-order chi connectivity index (χ0) is 14.9. The van der Waals surface area contributed by atoms with E-state index >= 15 is 0 Å². The SMILES string of the molecule is NC(=O)C1CCCN1c1cc(C(=O)O)c([N+](=O)[O-])cn1. The van der Waals surface area contributed by atoms with E-state index in [1.165, 1.54) is 0 Å². The number of carboxylic acid groups (broad SMARTS) is 1. The number of aromatic carboxylic acids is 1. The van der Waals surface area contributed by atoms with Crippen molar-refractivity contribution in [3.05, 3.63) is 27.9 Å². The van der Waals surface area contributed by atoms with Gasteiger partial charge in [-0.2, -0.15) is 0 Å². The van der Waals surface area contributed by atoms with Gasteiger partial charge in [0.2, 0.25) is 5.91 Å². The van der Waals surface area contributed by atoms with Crippen molar-refractivity contribution in [3.63, 3.8) is 0 Å². The van der Waals surface area contributed by atoms with Gasteiger partial charge in [0.05, 0.1) is 4.92 Å². The molecule has 9 heteroatoms. The van der Waals surface area contributed by atoms with E-state index in [1.54, 1.807) is 4.90 Å². The van der Waals surface area contributed by atoms with Crippen LogP contribution in [0.25, 0.3) is 0 Å². The Balaban J connectivity index is 2.43. The van der Waals surface area contributed by atoms with E-state index in [-0.39, 0.29) is 5.82 Å². The predicted molar refractivity (Wildman–Crippen MR) is 67.4 cm³/mol. The molecule has 2 heterocycles. The van der Waals surface area contributed by atoms with E-state index < -0.39 is 34.1 Å². The Bertz CT molecular complexity index is 588. The first kappa shape index (κ1) is 13.7. The normalized spacial score (nSPS) is 18.0. The van der Waals surface area contributed by atoms with Crippen LogP contribution in [0.2, 0.25) is 0 Å². The van der Waals surface area contributed by atoms with Gasteiger partial charge in [0.1, 0.15) is 23.6 Å². The van der Waals surface area contributed by atoms with Crippen LogP contribution < -0.4 is 10.6 Å². The molecule has 0 bridgehead atoms. The Kier molecular flexibility index (Phi) is 3.51. The summed E-state index contributed by atoms with van der Waals surface area (Å²) in [4.78, 5) is 37.7. The van der Waals surface area contributed by atoms with Gasteiger partial charge < -0.3 is 15.7 Å². The average molecular weight is 280 g/mol. The van der Waals surface area contributed by atoms with Crippen molar-refractivity contribution in [1.82, 2.24) is 4.98 Å². The Morgan fingerprint density at radius 2 is 2.25 bits per heavy atom. The molecular formula is C11H12N4O5. The van der Waals surface area contributed by atoms with Gasteiger partial charge >= 0.3 is 11.7 Å². The monoisotopic (exact) mass is 280 g/mol. The van der Waals surface area contributed by atoms with E-state index in [0.717, 1.165) is 12.3 Å². The first-order valence-electron chi connectivity index (χ1n) is 5.85. The molecule has 1 unspecified atom stereocenters. The number of aromatic nitrogens is 1. The molecule has 3 N–H and O–H groups in total. The fourth-order valence-corrected chi connectivity index (χ4v) is 2.25. The summed E-state index contributed by atoms with van der Waals surface area (Å²) in [6.45, 7) is 0.497. The lowest BCUT2D eigenvalue weighted by Gasteiger charge is -2.23.